The second-order valence-electron chi connectivity index (χ2n) is 7.75. The first-order valence-corrected chi connectivity index (χ1v) is 9.69. The highest BCUT2D eigenvalue weighted by molar-refractivity contribution is 6.02. The Morgan fingerprint density at radius 2 is 1.77 bits per heavy atom. The van der Waals surface area contributed by atoms with Crippen molar-refractivity contribution in [3.05, 3.63) is 22.5 Å². The SMILES string of the molecule is CC(=O)c1[nH]c(C)c(C(=O)N[C@@H]2CC(=O)N(C3CCCCCC3)C2)c1C. The van der Waals surface area contributed by atoms with Crippen LogP contribution in [0.4, 0.5) is 0 Å². The van der Waals surface area contributed by atoms with E-state index in [4.69, 9.17) is 0 Å². The smallest absolute Gasteiger partial charge is 0.253 e. The lowest BCUT2D eigenvalue weighted by Gasteiger charge is -2.27. The minimum Gasteiger partial charge on any atom is -0.355 e. The molecule has 26 heavy (non-hydrogen) atoms. The fourth-order valence-corrected chi connectivity index (χ4v) is 4.45. The summed E-state index contributed by atoms with van der Waals surface area (Å²) in [5.74, 6) is -0.140. The monoisotopic (exact) mass is 359 g/mol. The number of aromatic nitrogens is 1. The summed E-state index contributed by atoms with van der Waals surface area (Å²) in [6.07, 6.45) is 7.38. The minimum absolute atomic E-state index is 0.0831. The number of nitrogens with one attached hydrogen (secondary N) is 2. The van der Waals surface area contributed by atoms with Gasteiger partial charge in [-0.3, -0.25) is 14.4 Å². The van der Waals surface area contributed by atoms with Crippen LogP contribution in [0.3, 0.4) is 0 Å². The molecule has 1 aromatic rings. The van der Waals surface area contributed by atoms with E-state index >= 15 is 0 Å². The van der Waals surface area contributed by atoms with Crippen LogP contribution in [0.25, 0.3) is 0 Å². The van der Waals surface area contributed by atoms with Gasteiger partial charge in [0.05, 0.1) is 17.3 Å². The fourth-order valence-electron chi connectivity index (χ4n) is 4.45. The first-order chi connectivity index (χ1) is 12.4. The first kappa shape index (κ1) is 18.7. The van der Waals surface area contributed by atoms with E-state index < -0.39 is 0 Å². The molecule has 142 valence electrons. The van der Waals surface area contributed by atoms with E-state index in [0.717, 1.165) is 12.8 Å². The third-order valence-electron chi connectivity index (χ3n) is 5.78. The van der Waals surface area contributed by atoms with Crippen molar-refractivity contribution in [2.45, 2.75) is 77.8 Å². The third kappa shape index (κ3) is 3.69. The number of H-pyrrole nitrogens is 1. The molecule has 2 heterocycles. The number of ketones is 1. The largest absolute Gasteiger partial charge is 0.355 e. The van der Waals surface area contributed by atoms with Crippen molar-refractivity contribution in [2.75, 3.05) is 6.54 Å². The molecule has 6 nitrogen and oxygen atoms in total. The highest BCUT2D eigenvalue weighted by atomic mass is 16.2. The minimum atomic E-state index is -0.204. The van der Waals surface area contributed by atoms with Crippen molar-refractivity contribution >= 4 is 17.6 Å². The van der Waals surface area contributed by atoms with Gasteiger partial charge < -0.3 is 15.2 Å². The summed E-state index contributed by atoms with van der Waals surface area (Å²) in [6.45, 7) is 5.66. The number of likely N-dealkylation sites (tertiary alicyclic amines) is 1. The van der Waals surface area contributed by atoms with Gasteiger partial charge in [-0.2, -0.15) is 0 Å². The second-order valence-corrected chi connectivity index (χ2v) is 7.75. The molecule has 1 aliphatic heterocycles. The number of carbonyl (C=O) groups excluding carboxylic acids is 3. The molecule has 3 rings (SSSR count). The quantitative estimate of drug-likeness (QED) is 0.640. The number of hydrogen-bond acceptors (Lipinski definition) is 3. The number of aromatic amines is 1. The van der Waals surface area contributed by atoms with Crippen molar-refractivity contribution < 1.29 is 14.4 Å². The van der Waals surface area contributed by atoms with Crippen LogP contribution in [-0.2, 0) is 4.79 Å². The molecule has 0 radical (unpaired) electrons. The summed E-state index contributed by atoms with van der Waals surface area (Å²) in [5, 5.41) is 3.01. The maximum absolute atomic E-state index is 12.8. The Balaban J connectivity index is 1.67. The van der Waals surface area contributed by atoms with Crippen LogP contribution in [0, 0.1) is 13.8 Å². The number of Topliss-reactive ketones (excluding diaryl/α,β-unsaturated/α-hetero) is 1. The molecule has 2 aliphatic rings. The van der Waals surface area contributed by atoms with Gasteiger partial charge in [0.15, 0.2) is 5.78 Å². The van der Waals surface area contributed by atoms with Crippen LogP contribution in [-0.4, -0.2) is 46.1 Å². The van der Waals surface area contributed by atoms with Crippen LogP contribution < -0.4 is 5.32 Å². The van der Waals surface area contributed by atoms with E-state index in [9.17, 15) is 14.4 Å². The fraction of sp³-hybridized carbons (Fsp3) is 0.650. The summed E-state index contributed by atoms with van der Waals surface area (Å²) < 4.78 is 0. The van der Waals surface area contributed by atoms with Crippen molar-refractivity contribution in [3.8, 4) is 0 Å². The summed E-state index contributed by atoms with van der Waals surface area (Å²) in [4.78, 5) is 41.9. The molecule has 2 fully saturated rings. The number of hydrogen-bond donors (Lipinski definition) is 2. The molecule has 1 saturated carbocycles. The van der Waals surface area contributed by atoms with Gasteiger partial charge >= 0.3 is 0 Å². The lowest BCUT2D eigenvalue weighted by Crippen LogP contribution is -2.40. The third-order valence-corrected chi connectivity index (χ3v) is 5.78. The van der Waals surface area contributed by atoms with Gasteiger partial charge in [0, 0.05) is 31.6 Å². The van der Waals surface area contributed by atoms with E-state index in [2.05, 4.69) is 10.3 Å². The molecular weight excluding hydrogens is 330 g/mol. The van der Waals surface area contributed by atoms with Crippen LogP contribution >= 0.6 is 0 Å². The summed E-state index contributed by atoms with van der Waals surface area (Å²) in [6, 6.07) is 0.166. The summed E-state index contributed by atoms with van der Waals surface area (Å²) >= 11 is 0. The zero-order chi connectivity index (χ0) is 18.8. The maximum Gasteiger partial charge on any atom is 0.253 e. The molecule has 0 unspecified atom stereocenters. The van der Waals surface area contributed by atoms with Crippen LogP contribution in [0.2, 0.25) is 0 Å². The van der Waals surface area contributed by atoms with Crippen molar-refractivity contribution in [2.24, 2.45) is 0 Å². The lowest BCUT2D eigenvalue weighted by molar-refractivity contribution is -0.129. The Labute approximate surface area is 154 Å². The number of aryl methyl sites for hydroxylation is 1. The predicted octanol–water partition coefficient (Wildman–Crippen LogP) is 2.89. The molecule has 6 heteroatoms. The number of amides is 2. The lowest BCUT2D eigenvalue weighted by atomic mass is 10.1. The van der Waals surface area contributed by atoms with Crippen LogP contribution in [0.5, 0.6) is 0 Å². The molecule has 1 atom stereocenters. The van der Waals surface area contributed by atoms with E-state index in [0.29, 0.717) is 41.5 Å². The van der Waals surface area contributed by atoms with Crippen LogP contribution in [0.1, 0.15) is 84.0 Å². The van der Waals surface area contributed by atoms with Gasteiger partial charge in [0.25, 0.3) is 5.91 Å². The van der Waals surface area contributed by atoms with Crippen molar-refractivity contribution in [1.29, 1.82) is 0 Å². The molecule has 1 aromatic heterocycles. The molecule has 2 amide bonds. The molecule has 0 spiro atoms. The van der Waals surface area contributed by atoms with E-state index in [1.54, 1.807) is 13.8 Å². The molecule has 0 bridgehead atoms. The Bertz CT molecular complexity index is 714. The second kappa shape index (κ2) is 7.64. The predicted molar refractivity (Wildman–Crippen MR) is 99.3 cm³/mol. The molecule has 0 aromatic carbocycles. The summed E-state index contributed by atoms with van der Waals surface area (Å²) in [7, 11) is 0. The normalized spacial score (nSPS) is 21.7. The highest BCUT2D eigenvalue weighted by Crippen LogP contribution is 2.26. The number of rotatable bonds is 4. The standard InChI is InChI=1S/C20H29N3O3/c1-12-18(13(2)21-19(12)14(3)24)20(26)22-15-10-17(25)23(11-15)16-8-6-4-5-7-9-16/h15-16,21H,4-11H2,1-3H3,(H,22,26)/t15-/m1/s1. The Morgan fingerprint density at radius 3 is 2.35 bits per heavy atom. The Hall–Kier alpha value is -2.11. The zero-order valence-electron chi connectivity index (χ0n) is 16.0. The van der Waals surface area contributed by atoms with Crippen molar-refractivity contribution in [1.82, 2.24) is 15.2 Å². The maximum atomic E-state index is 12.8. The number of carbonyl (C=O) groups is 3. The average molecular weight is 359 g/mol. The highest BCUT2D eigenvalue weighted by Gasteiger charge is 2.35. The average Bonchev–Trinajstić information content (AvgIpc) is 2.94. The number of nitrogens with zero attached hydrogens (tertiary/aromatic N) is 1. The van der Waals surface area contributed by atoms with E-state index in [1.807, 2.05) is 4.90 Å². The first-order valence-electron chi connectivity index (χ1n) is 9.69. The zero-order valence-corrected chi connectivity index (χ0v) is 16.0. The van der Waals surface area contributed by atoms with Gasteiger partial charge in [-0.1, -0.05) is 25.7 Å². The molecule has 1 saturated heterocycles. The van der Waals surface area contributed by atoms with E-state index in [-0.39, 0.29) is 23.6 Å². The van der Waals surface area contributed by atoms with Crippen LogP contribution in [0.15, 0.2) is 0 Å². The van der Waals surface area contributed by atoms with Crippen molar-refractivity contribution in [3.63, 3.8) is 0 Å². The van der Waals surface area contributed by atoms with Gasteiger partial charge in [-0.25, -0.2) is 0 Å². The Kier molecular flexibility index (Phi) is 5.49. The summed E-state index contributed by atoms with van der Waals surface area (Å²) in [5.41, 5.74) is 2.37. The van der Waals surface area contributed by atoms with Gasteiger partial charge in [0.2, 0.25) is 5.91 Å². The topological polar surface area (TPSA) is 82.3 Å². The molecule has 2 N–H and O–H groups in total. The van der Waals surface area contributed by atoms with Gasteiger partial charge in [0.1, 0.15) is 0 Å². The van der Waals surface area contributed by atoms with Gasteiger partial charge in [-0.15, -0.1) is 0 Å². The Morgan fingerprint density at radius 1 is 1.12 bits per heavy atom. The molecule has 1 aliphatic carbocycles. The van der Waals surface area contributed by atoms with Gasteiger partial charge in [-0.05, 0) is 32.3 Å². The van der Waals surface area contributed by atoms with E-state index in [1.165, 1.54) is 32.6 Å². The molecular formula is C20H29N3O3.